The van der Waals surface area contributed by atoms with E-state index in [0.717, 1.165) is 16.7 Å². The SMILES string of the molecule is O=C(COC(=O)Cc1ccsc1)NC(c1ccccc1)c1ccc(Cl)cc1. The van der Waals surface area contributed by atoms with Gasteiger partial charge >= 0.3 is 5.97 Å². The second kappa shape index (κ2) is 9.35. The van der Waals surface area contributed by atoms with Gasteiger partial charge in [-0.3, -0.25) is 9.59 Å². The highest BCUT2D eigenvalue weighted by Gasteiger charge is 2.18. The van der Waals surface area contributed by atoms with E-state index in [1.165, 1.54) is 11.3 Å². The molecular formula is C21H18ClNO3S. The van der Waals surface area contributed by atoms with Crippen molar-refractivity contribution >= 4 is 34.8 Å². The molecule has 0 aliphatic carbocycles. The molecule has 27 heavy (non-hydrogen) atoms. The van der Waals surface area contributed by atoms with Gasteiger partial charge in [0.1, 0.15) is 0 Å². The molecule has 0 radical (unpaired) electrons. The van der Waals surface area contributed by atoms with Gasteiger partial charge in [-0.25, -0.2) is 0 Å². The lowest BCUT2D eigenvalue weighted by Gasteiger charge is -2.20. The van der Waals surface area contributed by atoms with Crippen LogP contribution in [0.1, 0.15) is 22.7 Å². The number of benzene rings is 2. The van der Waals surface area contributed by atoms with Crippen molar-refractivity contribution in [3.63, 3.8) is 0 Å². The van der Waals surface area contributed by atoms with Crippen LogP contribution in [-0.2, 0) is 20.7 Å². The average molecular weight is 400 g/mol. The largest absolute Gasteiger partial charge is 0.455 e. The number of carbonyl (C=O) groups is 2. The molecule has 1 atom stereocenters. The molecule has 0 bridgehead atoms. The molecule has 0 saturated carbocycles. The number of amides is 1. The summed E-state index contributed by atoms with van der Waals surface area (Å²) in [5, 5.41) is 7.33. The molecule has 1 heterocycles. The van der Waals surface area contributed by atoms with Crippen molar-refractivity contribution in [1.82, 2.24) is 5.32 Å². The van der Waals surface area contributed by atoms with Crippen LogP contribution in [0, 0.1) is 0 Å². The third-order valence-corrected chi connectivity index (χ3v) is 4.92. The van der Waals surface area contributed by atoms with Gasteiger partial charge in [-0.05, 0) is 45.6 Å². The van der Waals surface area contributed by atoms with Crippen LogP contribution in [-0.4, -0.2) is 18.5 Å². The Hall–Kier alpha value is -2.63. The van der Waals surface area contributed by atoms with E-state index in [2.05, 4.69) is 5.32 Å². The normalized spacial score (nSPS) is 11.6. The Morgan fingerprint density at radius 1 is 1.00 bits per heavy atom. The number of halogens is 1. The molecule has 6 heteroatoms. The number of carbonyl (C=O) groups excluding carboxylic acids is 2. The summed E-state index contributed by atoms with van der Waals surface area (Å²) in [4.78, 5) is 24.2. The molecule has 1 aromatic heterocycles. The first-order valence-corrected chi connectivity index (χ1v) is 9.70. The summed E-state index contributed by atoms with van der Waals surface area (Å²) in [5.41, 5.74) is 2.70. The number of hydrogen-bond donors (Lipinski definition) is 1. The molecular weight excluding hydrogens is 382 g/mol. The van der Waals surface area contributed by atoms with Gasteiger partial charge in [-0.2, -0.15) is 11.3 Å². The van der Waals surface area contributed by atoms with E-state index in [1.54, 1.807) is 12.1 Å². The first kappa shape index (κ1) is 19.1. The van der Waals surface area contributed by atoms with E-state index in [0.29, 0.717) is 5.02 Å². The molecule has 0 fully saturated rings. The van der Waals surface area contributed by atoms with Gasteiger partial charge in [0.15, 0.2) is 6.61 Å². The Kier molecular flexibility index (Phi) is 6.63. The van der Waals surface area contributed by atoms with Crippen LogP contribution in [0.2, 0.25) is 5.02 Å². The number of hydrogen-bond acceptors (Lipinski definition) is 4. The first-order valence-electron chi connectivity index (χ1n) is 8.38. The number of thiophene rings is 1. The maximum absolute atomic E-state index is 12.4. The van der Waals surface area contributed by atoms with Gasteiger partial charge < -0.3 is 10.1 Å². The highest BCUT2D eigenvalue weighted by molar-refractivity contribution is 7.08. The Morgan fingerprint density at radius 3 is 2.37 bits per heavy atom. The second-order valence-electron chi connectivity index (χ2n) is 5.93. The van der Waals surface area contributed by atoms with Crippen molar-refractivity contribution in [2.75, 3.05) is 6.61 Å². The molecule has 1 amide bonds. The van der Waals surface area contributed by atoms with Crippen molar-refractivity contribution in [1.29, 1.82) is 0 Å². The van der Waals surface area contributed by atoms with Crippen molar-refractivity contribution in [2.24, 2.45) is 0 Å². The molecule has 138 valence electrons. The van der Waals surface area contributed by atoms with Crippen molar-refractivity contribution < 1.29 is 14.3 Å². The van der Waals surface area contributed by atoms with Crippen LogP contribution < -0.4 is 5.32 Å². The van der Waals surface area contributed by atoms with Gasteiger partial charge in [0, 0.05) is 5.02 Å². The molecule has 0 aliphatic heterocycles. The molecule has 4 nitrogen and oxygen atoms in total. The molecule has 1 unspecified atom stereocenters. The lowest BCUT2D eigenvalue weighted by Crippen LogP contribution is -2.33. The number of rotatable bonds is 7. The van der Waals surface area contributed by atoms with Crippen LogP contribution >= 0.6 is 22.9 Å². The number of nitrogens with one attached hydrogen (secondary N) is 1. The molecule has 0 aliphatic rings. The minimum atomic E-state index is -0.425. The van der Waals surface area contributed by atoms with Gasteiger partial charge in [0.2, 0.25) is 0 Å². The summed E-state index contributed by atoms with van der Waals surface area (Å²) < 4.78 is 5.10. The third kappa shape index (κ3) is 5.67. The predicted molar refractivity (Wildman–Crippen MR) is 107 cm³/mol. The van der Waals surface area contributed by atoms with Crippen molar-refractivity contribution in [3.05, 3.63) is 93.1 Å². The standard InChI is InChI=1S/C21H18ClNO3S/c22-18-8-6-17(7-9-18)21(16-4-2-1-3-5-16)23-19(24)13-26-20(25)12-15-10-11-27-14-15/h1-11,14,21H,12-13H2,(H,23,24). The van der Waals surface area contributed by atoms with Crippen molar-refractivity contribution in [2.45, 2.75) is 12.5 Å². The van der Waals surface area contributed by atoms with Crippen molar-refractivity contribution in [3.8, 4) is 0 Å². The summed E-state index contributed by atoms with van der Waals surface area (Å²) in [6.07, 6.45) is 0.163. The van der Waals surface area contributed by atoms with E-state index in [1.807, 2.05) is 59.3 Å². The molecule has 0 saturated heterocycles. The molecule has 3 rings (SSSR count). The fraction of sp³-hybridized carbons (Fsp3) is 0.143. The zero-order valence-electron chi connectivity index (χ0n) is 14.4. The lowest BCUT2D eigenvalue weighted by atomic mass is 9.99. The Balaban J connectivity index is 1.64. The Bertz CT molecular complexity index is 880. The first-order chi connectivity index (χ1) is 13.1. The average Bonchev–Trinajstić information content (AvgIpc) is 3.19. The molecule has 3 aromatic rings. The highest BCUT2D eigenvalue weighted by atomic mass is 35.5. The van der Waals surface area contributed by atoms with Crippen LogP contribution in [0.15, 0.2) is 71.4 Å². The Morgan fingerprint density at radius 2 is 1.70 bits per heavy atom. The quantitative estimate of drug-likeness (QED) is 0.599. The summed E-state index contributed by atoms with van der Waals surface area (Å²) in [7, 11) is 0. The van der Waals surface area contributed by atoms with E-state index >= 15 is 0 Å². The van der Waals surface area contributed by atoms with Crippen LogP contribution in [0.25, 0.3) is 0 Å². The minimum absolute atomic E-state index is 0.163. The summed E-state index contributed by atoms with van der Waals surface area (Å²) in [6, 6.07) is 18.4. The monoisotopic (exact) mass is 399 g/mol. The summed E-state index contributed by atoms with van der Waals surface area (Å²) in [6.45, 7) is -0.320. The summed E-state index contributed by atoms with van der Waals surface area (Å²) in [5.74, 6) is -0.788. The van der Waals surface area contributed by atoms with E-state index in [4.69, 9.17) is 16.3 Å². The van der Waals surface area contributed by atoms with E-state index in [9.17, 15) is 9.59 Å². The smallest absolute Gasteiger partial charge is 0.310 e. The number of esters is 1. The number of ether oxygens (including phenoxy) is 1. The third-order valence-electron chi connectivity index (χ3n) is 3.93. The minimum Gasteiger partial charge on any atom is -0.455 e. The van der Waals surface area contributed by atoms with Crippen LogP contribution in [0.3, 0.4) is 0 Å². The van der Waals surface area contributed by atoms with Gasteiger partial charge in [-0.1, -0.05) is 54.1 Å². The predicted octanol–water partition coefficient (Wildman–Crippen LogP) is 4.39. The Labute approximate surface area is 166 Å². The van der Waals surface area contributed by atoms with Crippen LogP contribution in [0.5, 0.6) is 0 Å². The van der Waals surface area contributed by atoms with Gasteiger partial charge in [0.25, 0.3) is 5.91 Å². The fourth-order valence-corrected chi connectivity index (χ4v) is 3.41. The van der Waals surface area contributed by atoms with Gasteiger partial charge in [-0.15, -0.1) is 0 Å². The maximum atomic E-state index is 12.4. The highest BCUT2D eigenvalue weighted by Crippen LogP contribution is 2.23. The topological polar surface area (TPSA) is 55.4 Å². The second-order valence-corrected chi connectivity index (χ2v) is 7.15. The zero-order valence-corrected chi connectivity index (χ0v) is 16.0. The zero-order chi connectivity index (χ0) is 19.1. The molecule has 0 spiro atoms. The molecule has 2 aromatic carbocycles. The van der Waals surface area contributed by atoms with Gasteiger partial charge in [0.05, 0.1) is 12.5 Å². The van der Waals surface area contributed by atoms with Crippen LogP contribution in [0.4, 0.5) is 0 Å². The maximum Gasteiger partial charge on any atom is 0.310 e. The van der Waals surface area contributed by atoms with E-state index in [-0.39, 0.29) is 25.0 Å². The van der Waals surface area contributed by atoms with E-state index < -0.39 is 5.97 Å². The molecule has 1 N–H and O–H groups in total. The summed E-state index contributed by atoms with van der Waals surface area (Å²) >= 11 is 7.48. The lowest BCUT2D eigenvalue weighted by molar-refractivity contribution is -0.148. The fourth-order valence-electron chi connectivity index (χ4n) is 2.62.